The largest absolute Gasteiger partial charge is 0.504 e. The van der Waals surface area contributed by atoms with E-state index < -0.39 is 43.3 Å². The molecule has 6 N–H and O–H groups in total. The van der Waals surface area contributed by atoms with E-state index in [1.54, 1.807) is 12.1 Å². The average molecular weight is 537 g/mol. The Bertz CT molecular complexity index is 1090. The number of esters is 1. The summed E-state index contributed by atoms with van der Waals surface area (Å²) in [7, 11) is 2.81. The van der Waals surface area contributed by atoms with Gasteiger partial charge in [-0.25, -0.2) is 4.79 Å². The first kappa shape index (κ1) is 29.0. The van der Waals surface area contributed by atoms with Gasteiger partial charge in [0, 0.05) is 12.7 Å². The van der Waals surface area contributed by atoms with Crippen molar-refractivity contribution in [1.29, 1.82) is 0 Å². The molecule has 3 rings (SSSR count). The lowest BCUT2D eigenvalue weighted by atomic mass is 9.99. The molecule has 0 radical (unpaired) electrons. The molecule has 0 bridgehead atoms. The molecule has 0 spiro atoms. The molecule has 0 amide bonds. The molecule has 5 atom stereocenters. The summed E-state index contributed by atoms with van der Waals surface area (Å²) in [6, 6.07) is 7.32. The lowest BCUT2D eigenvalue weighted by Gasteiger charge is -2.40. The highest BCUT2D eigenvalue weighted by atomic mass is 16.7. The first-order chi connectivity index (χ1) is 18.2. The number of hydrogen-bond acceptors (Lipinski definition) is 12. The van der Waals surface area contributed by atoms with Crippen molar-refractivity contribution < 1.29 is 59.1 Å². The highest BCUT2D eigenvalue weighted by Crippen LogP contribution is 2.41. The number of aliphatic hydroxyl groups is 4. The minimum absolute atomic E-state index is 0.00730. The molecule has 38 heavy (non-hydrogen) atoms. The molecule has 1 aliphatic heterocycles. The van der Waals surface area contributed by atoms with Gasteiger partial charge in [-0.05, 0) is 54.3 Å². The third kappa shape index (κ3) is 7.05. The Morgan fingerprint density at radius 2 is 1.66 bits per heavy atom. The van der Waals surface area contributed by atoms with Gasteiger partial charge in [0.25, 0.3) is 0 Å². The molecule has 1 saturated heterocycles. The number of ether oxygens (including phenoxy) is 5. The average Bonchev–Trinajstić information content (AvgIpc) is 2.92. The van der Waals surface area contributed by atoms with Crippen LogP contribution in [0, 0.1) is 0 Å². The fourth-order valence-electron chi connectivity index (χ4n) is 3.77. The van der Waals surface area contributed by atoms with Gasteiger partial charge in [-0.15, -0.1) is 0 Å². The number of carbonyl (C=O) groups is 1. The van der Waals surface area contributed by atoms with Crippen LogP contribution < -0.4 is 14.2 Å². The van der Waals surface area contributed by atoms with Crippen molar-refractivity contribution in [3.05, 3.63) is 47.5 Å². The van der Waals surface area contributed by atoms with Crippen molar-refractivity contribution in [2.45, 2.75) is 43.5 Å². The highest BCUT2D eigenvalue weighted by Gasteiger charge is 2.46. The SMILES string of the molecule is COc1cc(CCCO)cc(OC)c1O[C@@H]1O[C@H](COC(=O)/C=C/c2ccc(O)c(O)c2)[C@@H](O)[C@H](O)[C@H]1O. The molecule has 0 aromatic heterocycles. The summed E-state index contributed by atoms with van der Waals surface area (Å²) in [6.07, 6.45) is -4.22. The van der Waals surface area contributed by atoms with Crippen molar-refractivity contribution in [3.63, 3.8) is 0 Å². The second kappa shape index (κ2) is 13.3. The molecule has 0 aliphatic carbocycles. The zero-order valence-corrected chi connectivity index (χ0v) is 20.9. The number of aromatic hydroxyl groups is 2. The van der Waals surface area contributed by atoms with Crippen LogP contribution in [-0.2, 0) is 20.7 Å². The molecule has 1 heterocycles. The fraction of sp³-hybridized carbons (Fsp3) is 0.423. The maximum absolute atomic E-state index is 12.2. The Balaban J connectivity index is 1.70. The smallest absolute Gasteiger partial charge is 0.330 e. The van der Waals surface area contributed by atoms with E-state index in [0.29, 0.717) is 18.4 Å². The van der Waals surface area contributed by atoms with Crippen LogP contribution in [0.25, 0.3) is 6.08 Å². The van der Waals surface area contributed by atoms with E-state index >= 15 is 0 Å². The maximum Gasteiger partial charge on any atom is 0.330 e. The Morgan fingerprint density at radius 3 is 2.26 bits per heavy atom. The summed E-state index contributed by atoms with van der Waals surface area (Å²) in [5.74, 6) is -0.895. The number of phenols is 2. The number of methoxy groups -OCH3 is 2. The number of rotatable bonds is 11. The minimum atomic E-state index is -1.69. The van der Waals surface area contributed by atoms with Crippen LogP contribution >= 0.6 is 0 Å². The van der Waals surface area contributed by atoms with Gasteiger partial charge in [-0.2, -0.15) is 0 Å². The Hall–Kier alpha value is -3.55. The van der Waals surface area contributed by atoms with Crippen LogP contribution in [-0.4, -0.2) is 94.7 Å². The van der Waals surface area contributed by atoms with E-state index in [9.17, 15) is 30.3 Å². The molecule has 12 heteroatoms. The summed E-state index contributed by atoms with van der Waals surface area (Å²) < 4.78 is 27.3. The third-order valence-electron chi connectivity index (χ3n) is 5.85. The Kier molecular flexibility index (Phi) is 10.2. The molecular formula is C26H32O12. The number of hydrogen-bond donors (Lipinski definition) is 6. The predicted molar refractivity (Wildman–Crippen MR) is 132 cm³/mol. The molecule has 0 unspecified atom stereocenters. The van der Waals surface area contributed by atoms with Crippen molar-refractivity contribution in [1.82, 2.24) is 0 Å². The van der Waals surface area contributed by atoms with Gasteiger partial charge >= 0.3 is 5.97 Å². The van der Waals surface area contributed by atoms with E-state index in [-0.39, 0.29) is 35.4 Å². The van der Waals surface area contributed by atoms with E-state index in [0.717, 1.165) is 11.6 Å². The minimum Gasteiger partial charge on any atom is -0.504 e. The monoisotopic (exact) mass is 536 g/mol. The lowest BCUT2D eigenvalue weighted by molar-refractivity contribution is -0.278. The van der Waals surface area contributed by atoms with E-state index in [4.69, 9.17) is 28.8 Å². The van der Waals surface area contributed by atoms with Gasteiger partial charge in [0.05, 0.1) is 14.2 Å². The summed E-state index contributed by atoms with van der Waals surface area (Å²) in [5.41, 5.74) is 1.23. The molecule has 1 fully saturated rings. The quantitative estimate of drug-likeness (QED) is 0.133. The van der Waals surface area contributed by atoms with Crippen molar-refractivity contribution in [3.8, 4) is 28.7 Å². The molecule has 0 saturated carbocycles. The zero-order chi connectivity index (χ0) is 27.8. The number of carbonyl (C=O) groups excluding carboxylic acids is 1. The van der Waals surface area contributed by atoms with Gasteiger partial charge in [0.2, 0.25) is 12.0 Å². The molecule has 2 aromatic rings. The van der Waals surface area contributed by atoms with Gasteiger partial charge in [-0.3, -0.25) is 0 Å². The van der Waals surface area contributed by atoms with Crippen LogP contribution in [0.15, 0.2) is 36.4 Å². The van der Waals surface area contributed by atoms with Gasteiger partial charge < -0.3 is 54.3 Å². The second-order valence-electron chi connectivity index (χ2n) is 8.50. The molecule has 1 aliphatic rings. The standard InChI is InChI=1S/C26H32O12/c1-34-18-11-15(4-3-9-27)12-19(35-2)25(18)38-26-24(33)23(32)22(31)20(37-26)13-36-21(30)8-6-14-5-7-16(28)17(29)10-14/h5-8,10-12,20,22-24,26-29,31-33H,3-4,9,13H2,1-2H3/b8-6+/t20-,22-,23+,24-,26+/m1/s1. The normalized spacial score (nSPS) is 23.3. The first-order valence-corrected chi connectivity index (χ1v) is 11.8. The topological polar surface area (TPSA) is 185 Å². The Labute approximate surface area is 218 Å². The third-order valence-corrected chi connectivity index (χ3v) is 5.85. The van der Waals surface area contributed by atoms with Crippen LogP contribution in [0.4, 0.5) is 0 Å². The van der Waals surface area contributed by atoms with Crippen LogP contribution in [0.1, 0.15) is 17.5 Å². The fourth-order valence-corrected chi connectivity index (χ4v) is 3.77. The van der Waals surface area contributed by atoms with Gasteiger partial charge in [0.1, 0.15) is 31.0 Å². The van der Waals surface area contributed by atoms with Gasteiger partial charge in [0.15, 0.2) is 23.0 Å². The first-order valence-electron chi connectivity index (χ1n) is 11.8. The van der Waals surface area contributed by atoms with Crippen molar-refractivity contribution >= 4 is 12.0 Å². The summed E-state index contributed by atoms with van der Waals surface area (Å²) in [4.78, 5) is 12.2. The van der Waals surface area contributed by atoms with E-state index in [1.807, 2.05) is 0 Å². The molecular weight excluding hydrogens is 504 g/mol. The van der Waals surface area contributed by atoms with Gasteiger partial charge in [-0.1, -0.05) is 6.07 Å². The summed E-state index contributed by atoms with van der Waals surface area (Å²) in [6.45, 7) is -0.476. The van der Waals surface area contributed by atoms with Crippen LogP contribution in [0.2, 0.25) is 0 Å². The molecule has 12 nitrogen and oxygen atoms in total. The predicted octanol–water partition coefficient (Wildman–Crippen LogP) is 0.483. The number of benzene rings is 2. The van der Waals surface area contributed by atoms with Crippen molar-refractivity contribution in [2.75, 3.05) is 27.4 Å². The van der Waals surface area contributed by atoms with E-state index in [1.165, 1.54) is 38.5 Å². The summed E-state index contributed by atoms with van der Waals surface area (Å²) in [5, 5.41) is 59.2. The number of aliphatic hydroxyl groups excluding tert-OH is 4. The lowest BCUT2D eigenvalue weighted by Crippen LogP contribution is -2.60. The Morgan fingerprint density at radius 1 is 0.974 bits per heavy atom. The highest BCUT2D eigenvalue weighted by molar-refractivity contribution is 5.87. The number of phenolic OH excluding ortho intramolecular Hbond substituents is 2. The number of aryl methyl sites for hydroxylation is 1. The van der Waals surface area contributed by atoms with Crippen LogP contribution in [0.3, 0.4) is 0 Å². The summed E-state index contributed by atoms with van der Waals surface area (Å²) >= 11 is 0. The zero-order valence-electron chi connectivity index (χ0n) is 20.9. The molecule has 208 valence electrons. The van der Waals surface area contributed by atoms with Crippen LogP contribution in [0.5, 0.6) is 28.7 Å². The van der Waals surface area contributed by atoms with Crippen molar-refractivity contribution in [2.24, 2.45) is 0 Å². The molecule has 2 aromatic carbocycles. The second-order valence-corrected chi connectivity index (χ2v) is 8.50. The maximum atomic E-state index is 12.2. The van der Waals surface area contributed by atoms with E-state index in [2.05, 4.69) is 0 Å².